The van der Waals surface area contributed by atoms with Gasteiger partial charge in [0.2, 0.25) is 0 Å². The number of thioether (sulfide) groups is 1. The number of nitrogens with zero attached hydrogens (tertiary/aromatic N) is 1. The minimum Gasteiger partial charge on any atom is -0.488 e. The number of amides is 2. The minimum atomic E-state index is -0.344. The highest BCUT2D eigenvalue weighted by atomic mass is 79.9. The van der Waals surface area contributed by atoms with Gasteiger partial charge in [-0.3, -0.25) is 14.5 Å². The molecule has 0 saturated carbocycles. The van der Waals surface area contributed by atoms with Crippen LogP contribution in [0.3, 0.4) is 0 Å². The van der Waals surface area contributed by atoms with Gasteiger partial charge in [0.05, 0.1) is 11.4 Å². The van der Waals surface area contributed by atoms with Crippen LogP contribution in [0.4, 0.5) is 4.79 Å². The molecule has 0 spiro atoms. The van der Waals surface area contributed by atoms with Gasteiger partial charge in [-0.1, -0.05) is 63.4 Å². The maximum atomic E-state index is 12.9. The van der Waals surface area contributed by atoms with Crippen molar-refractivity contribution in [2.45, 2.75) is 13.2 Å². The van der Waals surface area contributed by atoms with Gasteiger partial charge >= 0.3 is 0 Å². The molecule has 162 valence electrons. The zero-order valence-corrected chi connectivity index (χ0v) is 20.5. The second kappa shape index (κ2) is 10.1. The largest absolute Gasteiger partial charge is 0.488 e. The van der Waals surface area contributed by atoms with Crippen molar-refractivity contribution < 1.29 is 14.3 Å². The first-order chi connectivity index (χ1) is 15.4. The molecule has 3 aromatic carbocycles. The predicted molar refractivity (Wildman–Crippen MR) is 133 cm³/mol. The van der Waals surface area contributed by atoms with Gasteiger partial charge in [-0.2, -0.15) is 0 Å². The molecule has 0 aliphatic carbocycles. The Bertz CT molecular complexity index is 1210. The maximum Gasteiger partial charge on any atom is 0.293 e. The highest BCUT2D eigenvalue weighted by Crippen LogP contribution is 2.36. The Morgan fingerprint density at radius 3 is 2.47 bits per heavy atom. The summed E-state index contributed by atoms with van der Waals surface area (Å²) in [6, 6.07) is 20.0. The first-order valence-electron chi connectivity index (χ1n) is 9.55. The second-order valence-electron chi connectivity index (χ2n) is 7.00. The molecule has 1 fully saturated rings. The Balaban J connectivity index is 1.55. The molecule has 4 nitrogen and oxygen atoms in total. The Hall–Kier alpha value is -2.25. The topological polar surface area (TPSA) is 46.6 Å². The second-order valence-corrected chi connectivity index (χ2v) is 9.78. The van der Waals surface area contributed by atoms with Crippen LogP contribution in [0.15, 0.2) is 76.1 Å². The summed E-state index contributed by atoms with van der Waals surface area (Å²) in [6.45, 7) is 0.511. The average molecular weight is 549 g/mol. The zero-order chi connectivity index (χ0) is 22.7. The Morgan fingerprint density at radius 1 is 0.938 bits per heavy atom. The van der Waals surface area contributed by atoms with E-state index in [9.17, 15) is 9.59 Å². The lowest BCUT2D eigenvalue weighted by atomic mass is 10.1. The molecular weight excluding hydrogens is 533 g/mol. The number of hydrogen-bond acceptors (Lipinski definition) is 4. The van der Waals surface area contributed by atoms with Gasteiger partial charge in [0.15, 0.2) is 0 Å². The Labute approximate surface area is 208 Å². The fourth-order valence-electron chi connectivity index (χ4n) is 3.10. The zero-order valence-electron chi connectivity index (χ0n) is 16.6. The van der Waals surface area contributed by atoms with E-state index in [2.05, 4.69) is 15.9 Å². The highest BCUT2D eigenvalue weighted by molar-refractivity contribution is 9.10. The first-order valence-corrected chi connectivity index (χ1v) is 11.9. The van der Waals surface area contributed by atoms with Crippen LogP contribution in [0.5, 0.6) is 5.75 Å². The molecule has 0 unspecified atom stereocenters. The van der Waals surface area contributed by atoms with Gasteiger partial charge in [-0.25, -0.2) is 0 Å². The minimum absolute atomic E-state index is 0.168. The molecule has 0 atom stereocenters. The maximum absolute atomic E-state index is 12.9. The third-order valence-electron chi connectivity index (χ3n) is 4.67. The van der Waals surface area contributed by atoms with Crippen LogP contribution in [0.1, 0.15) is 16.7 Å². The third kappa shape index (κ3) is 5.56. The summed E-state index contributed by atoms with van der Waals surface area (Å²) in [5, 5.41) is 0.896. The molecule has 1 saturated heterocycles. The van der Waals surface area contributed by atoms with E-state index in [4.69, 9.17) is 27.9 Å². The molecule has 8 heteroatoms. The van der Waals surface area contributed by atoms with Crippen LogP contribution < -0.4 is 4.74 Å². The number of benzene rings is 3. The summed E-state index contributed by atoms with van der Waals surface area (Å²) in [5.74, 6) is 0.258. The molecule has 0 radical (unpaired) electrons. The van der Waals surface area contributed by atoms with Crippen LogP contribution in [0.2, 0.25) is 10.0 Å². The standard InChI is InChI=1S/C24H16BrCl2NO3S/c25-18-6-9-21(31-14-15-4-7-19(26)8-5-15)17(11-18)12-22-23(29)28(24(30)32-22)13-16-2-1-3-20(27)10-16/h1-12H,13-14H2/b22-12-. The summed E-state index contributed by atoms with van der Waals surface area (Å²) in [7, 11) is 0. The average Bonchev–Trinajstić information content (AvgIpc) is 3.02. The summed E-state index contributed by atoms with van der Waals surface area (Å²) in [4.78, 5) is 27.0. The van der Waals surface area contributed by atoms with Crippen LogP contribution in [0, 0.1) is 0 Å². The lowest BCUT2D eigenvalue weighted by molar-refractivity contribution is -0.123. The fraction of sp³-hybridized carbons (Fsp3) is 0.0833. The van der Waals surface area contributed by atoms with Gasteiger partial charge in [0.1, 0.15) is 12.4 Å². The van der Waals surface area contributed by atoms with E-state index >= 15 is 0 Å². The summed E-state index contributed by atoms with van der Waals surface area (Å²) < 4.78 is 6.82. The molecular formula is C24H16BrCl2NO3S. The summed E-state index contributed by atoms with van der Waals surface area (Å²) in [5.41, 5.74) is 2.45. The number of carbonyl (C=O) groups excluding carboxylic acids is 2. The predicted octanol–water partition coefficient (Wildman–Crippen LogP) is 7.57. The Kier molecular flexibility index (Phi) is 7.26. The van der Waals surface area contributed by atoms with Gasteiger partial charge in [0, 0.05) is 20.1 Å². The van der Waals surface area contributed by atoms with Gasteiger partial charge in [-0.15, -0.1) is 0 Å². The number of carbonyl (C=O) groups is 2. The SMILES string of the molecule is O=C1S/C(=C\c2cc(Br)ccc2OCc2ccc(Cl)cc2)C(=O)N1Cc1cccc(Cl)c1. The molecule has 1 aliphatic rings. The smallest absolute Gasteiger partial charge is 0.293 e. The lowest BCUT2D eigenvalue weighted by Crippen LogP contribution is -2.27. The molecule has 3 aromatic rings. The van der Waals surface area contributed by atoms with Crippen molar-refractivity contribution in [2.75, 3.05) is 0 Å². The van der Waals surface area contributed by atoms with Crippen molar-refractivity contribution in [3.63, 3.8) is 0 Å². The van der Waals surface area contributed by atoms with Crippen LogP contribution >= 0.6 is 50.9 Å². The van der Waals surface area contributed by atoms with Crippen LogP contribution in [-0.2, 0) is 17.9 Å². The number of rotatable bonds is 6. The van der Waals surface area contributed by atoms with Crippen molar-refractivity contribution >= 4 is 68.1 Å². The van der Waals surface area contributed by atoms with E-state index in [1.54, 1.807) is 36.4 Å². The number of hydrogen-bond donors (Lipinski definition) is 0. The van der Waals surface area contributed by atoms with E-state index in [0.717, 1.165) is 27.4 Å². The van der Waals surface area contributed by atoms with Crippen LogP contribution in [-0.4, -0.2) is 16.0 Å². The molecule has 0 N–H and O–H groups in total. The van der Waals surface area contributed by atoms with E-state index < -0.39 is 0 Å². The van der Waals surface area contributed by atoms with E-state index in [0.29, 0.717) is 32.9 Å². The number of imide groups is 1. The molecule has 4 rings (SSSR count). The fourth-order valence-corrected chi connectivity index (χ4v) is 4.65. The third-order valence-corrected chi connectivity index (χ3v) is 6.56. The molecule has 1 heterocycles. The van der Waals surface area contributed by atoms with E-state index in [1.165, 1.54) is 4.90 Å². The van der Waals surface area contributed by atoms with Crippen molar-refractivity contribution in [1.29, 1.82) is 0 Å². The monoisotopic (exact) mass is 547 g/mol. The number of ether oxygens (including phenoxy) is 1. The van der Waals surface area contributed by atoms with E-state index in [-0.39, 0.29) is 17.7 Å². The molecule has 0 aromatic heterocycles. The van der Waals surface area contributed by atoms with Crippen molar-refractivity contribution in [3.8, 4) is 5.75 Å². The highest BCUT2D eigenvalue weighted by Gasteiger charge is 2.35. The summed E-state index contributed by atoms with van der Waals surface area (Å²) in [6.07, 6.45) is 1.69. The van der Waals surface area contributed by atoms with Crippen LogP contribution in [0.25, 0.3) is 6.08 Å². The summed E-state index contributed by atoms with van der Waals surface area (Å²) >= 11 is 16.3. The molecule has 2 amide bonds. The molecule has 0 bridgehead atoms. The van der Waals surface area contributed by atoms with Crippen molar-refractivity contribution in [1.82, 2.24) is 4.90 Å². The number of halogens is 3. The quantitative estimate of drug-likeness (QED) is 0.298. The normalized spacial score (nSPS) is 15.0. The molecule has 32 heavy (non-hydrogen) atoms. The van der Waals surface area contributed by atoms with Gasteiger partial charge in [-0.05, 0) is 71.4 Å². The van der Waals surface area contributed by atoms with Gasteiger partial charge < -0.3 is 4.74 Å². The molecule has 1 aliphatic heterocycles. The van der Waals surface area contributed by atoms with Gasteiger partial charge in [0.25, 0.3) is 11.1 Å². The lowest BCUT2D eigenvalue weighted by Gasteiger charge is -2.13. The van der Waals surface area contributed by atoms with E-state index in [1.807, 2.05) is 36.4 Å². The van der Waals surface area contributed by atoms with Crippen molar-refractivity contribution in [2.24, 2.45) is 0 Å². The first kappa shape index (κ1) is 22.9. The Morgan fingerprint density at radius 2 is 1.72 bits per heavy atom. The van der Waals surface area contributed by atoms with Crippen molar-refractivity contribution in [3.05, 3.63) is 103 Å².